The molecule has 2 rings (SSSR count). The number of nitrogens with zero attached hydrogens (tertiary/aromatic N) is 1. The van der Waals surface area contributed by atoms with Gasteiger partial charge in [-0.3, -0.25) is 4.90 Å². The summed E-state index contributed by atoms with van der Waals surface area (Å²) in [6, 6.07) is 8.23. The summed E-state index contributed by atoms with van der Waals surface area (Å²) in [5, 5.41) is 10.2. The van der Waals surface area contributed by atoms with Crippen LogP contribution in [-0.2, 0) is 0 Å². The first-order valence-corrected chi connectivity index (χ1v) is 6.84. The largest absolute Gasteiger partial charge is 0.389 e. The average Bonchev–Trinajstić information content (AvgIpc) is 3.20. The lowest BCUT2D eigenvalue weighted by atomic mass is 10.1. The zero-order valence-corrected chi connectivity index (χ0v) is 11.5. The van der Waals surface area contributed by atoms with Crippen LogP contribution in [0.3, 0.4) is 0 Å². The summed E-state index contributed by atoms with van der Waals surface area (Å²) in [6.45, 7) is 3.83. The number of aliphatic hydroxyl groups excluding tert-OH is 1. The summed E-state index contributed by atoms with van der Waals surface area (Å²) in [4.78, 5) is 2.73. The predicted octanol–water partition coefficient (Wildman–Crippen LogP) is 1.84. The van der Waals surface area contributed by atoms with Crippen LogP contribution in [-0.4, -0.2) is 34.1 Å². The van der Waals surface area contributed by atoms with Crippen LogP contribution in [0.1, 0.15) is 37.0 Å². The van der Waals surface area contributed by atoms with Gasteiger partial charge in [-0.05, 0) is 24.9 Å². The molecule has 1 aromatic carbocycles. The van der Waals surface area contributed by atoms with Gasteiger partial charge in [0.25, 0.3) is 0 Å². The highest BCUT2D eigenvalue weighted by Crippen LogP contribution is 2.28. The molecular formula is C14H20N2OS. The summed E-state index contributed by atoms with van der Waals surface area (Å²) < 4.78 is 0. The normalized spacial score (nSPS) is 16.8. The smallest absolute Gasteiger partial charge is 0.103 e. The third kappa shape index (κ3) is 3.28. The fourth-order valence-corrected chi connectivity index (χ4v) is 2.31. The Kier molecular flexibility index (Phi) is 4.32. The molecule has 1 atom stereocenters. The Bertz CT molecular complexity index is 414. The number of rotatable bonds is 6. The fourth-order valence-electron chi connectivity index (χ4n) is 2.17. The molecule has 3 nitrogen and oxygen atoms in total. The van der Waals surface area contributed by atoms with Crippen LogP contribution in [0.5, 0.6) is 0 Å². The van der Waals surface area contributed by atoms with E-state index in [0.29, 0.717) is 17.6 Å². The second kappa shape index (κ2) is 5.78. The maximum Gasteiger partial charge on any atom is 0.103 e. The third-order valence-corrected chi connectivity index (χ3v) is 3.69. The molecule has 0 aliphatic heterocycles. The van der Waals surface area contributed by atoms with Crippen molar-refractivity contribution in [3.8, 4) is 0 Å². The number of hydrogen-bond donors (Lipinski definition) is 2. The second-order valence-electron chi connectivity index (χ2n) is 4.82. The van der Waals surface area contributed by atoms with Gasteiger partial charge in [0.1, 0.15) is 4.99 Å². The van der Waals surface area contributed by atoms with E-state index in [1.165, 1.54) is 12.8 Å². The van der Waals surface area contributed by atoms with Crippen LogP contribution < -0.4 is 5.73 Å². The molecular weight excluding hydrogens is 244 g/mol. The number of aliphatic hydroxyl groups is 1. The average molecular weight is 264 g/mol. The van der Waals surface area contributed by atoms with Crippen molar-refractivity contribution >= 4 is 17.2 Å². The van der Waals surface area contributed by atoms with Crippen LogP contribution in [0.4, 0.5) is 0 Å². The van der Waals surface area contributed by atoms with E-state index in [1.54, 1.807) is 0 Å². The summed E-state index contributed by atoms with van der Waals surface area (Å²) in [5.74, 6) is 0. The van der Waals surface area contributed by atoms with Gasteiger partial charge >= 0.3 is 0 Å². The molecule has 98 valence electrons. The number of likely N-dealkylation sites (N-methyl/N-ethyl adjacent to an activating group) is 1. The molecule has 0 amide bonds. The Balaban J connectivity index is 1.99. The Morgan fingerprint density at radius 3 is 2.50 bits per heavy atom. The molecule has 0 aromatic heterocycles. The van der Waals surface area contributed by atoms with Gasteiger partial charge in [0.15, 0.2) is 0 Å². The lowest BCUT2D eigenvalue weighted by molar-refractivity contribution is 0.112. The molecule has 0 heterocycles. The Hall–Kier alpha value is -0.970. The highest BCUT2D eigenvalue weighted by molar-refractivity contribution is 7.80. The number of hydrogen-bond acceptors (Lipinski definition) is 3. The minimum Gasteiger partial charge on any atom is -0.389 e. The number of thiocarbonyl (C=S) groups is 1. The Morgan fingerprint density at radius 2 is 2.06 bits per heavy atom. The zero-order valence-electron chi connectivity index (χ0n) is 10.7. The molecule has 0 spiro atoms. The molecule has 0 radical (unpaired) electrons. The quantitative estimate of drug-likeness (QED) is 0.770. The maximum absolute atomic E-state index is 10.2. The Morgan fingerprint density at radius 1 is 1.44 bits per heavy atom. The van der Waals surface area contributed by atoms with Crippen molar-refractivity contribution in [1.29, 1.82) is 0 Å². The van der Waals surface area contributed by atoms with E-state index in [-0.39, 0.29) is 0 Å². The third-order valence-electron chi connectivity index (χ3n) is 3.46. The van der Waals surface area contributed by atoms with Crippen LogP contribution in [0.25, 0.3) is 0 Å². The summed E-state index contributed by atoms with van der Waals surface area (Å²) >= 11 is 4.91. The van der Waals surface area contributed by atoms with Gasteiger partial charge in [-0.2, -0.15) is 0 Å². The fraction of sp³-hybridized carbons (Fsp3) is 0.500. The predicted molar refractivity (Wildman–Crippen MR) is 77.6 cm³/mol. The lowest BCUT2D eigenvalue weighted by Gasteiger charge is -2.23. The van der Waals surface area contributed by atoms with E-state index in [1.807, 2.05) is 24.3 Å². The van der Waals surface area contributed by atoms with E-state index >= 15 is 0 Å². The highest BCUT2D eigenvalue weighted by Gasteiger charge is 2.29. The minimum absolute atomic E-state index is 0.393. The van der Waals surface area contributed by atoms with Gasteiger partial charge < -0.3 is 10.8 Å². The van der Waals surface area contributed by atoms with Gasteiger partial charge in [-0.15, -0.1) is 0 Å². The molecule has 1 saturated carbocycles. The van der Waals surface area contributed by atoms with Crippen LogP contribution in [0, 0.1) is 0 Å². The van der Waals surface area contributed by atoms with Gasteiger partial charge in [-0.25, -0.2) is 0 Å². The first kappa shape index (κ1) is 13.5. The number of nitrogens with two attached hydrogens (primary N) is 1. The van der Waals surface area contributed by atoms with Crippen molar-refractivity contribution in [2.75, 3.05) is 13.1 Å². The van der Waals surface area contributed by atoms with Crippen LogP contribution in [0.15, 0.2) is 24.3 Å². The SMILES string of the molecule is CCN(CC(O)c1ccc(C(N)=S)cc1)C1CC1. The van der Waals surface area contributed by atoms with Crippen molar-refractivity contribution in [1.82, 2.24) is 4.90 Å². The van der Waals surface area contributed by atoms with Crippen molar-refractivity contribution < 1.29 is 5.11 Å². The summed E-state index contributed by atoms with van der Waals surface area (Å²) in [7, 11) is 0. The van der Waals surface area contributed by atoms with Crippen LogP contribution in [0.2, 0.25) is 0 Å². The first-order chi connectivity index (χ1) is 8.61. The van der Waals surface area contributed by atoms with E-state index < -0.39 is 6.10 Å². The van der Waals surface area contributed by atoms with E-state index in [4.69, 9.17) is 18.0 Å². The molecule has 3 N–H and O–H groups in total. The zero-order chi connectivity index (χ0) is 13.1. The number of benzene rings is 1. The van der Waals surface area contributed by atoms with Gasteiger partial charge in [0.2, 0.25) is 0 Å². The van der Waals surface area contributed by atoms with Crippen molar-refractivity contribution in [2.24, 2.45) is 5.73 Å². The second-order valence-corrected chi connectivity index (χ2v) is 5.26. The molecule has 1 aliphatic carbocycles. The maximum atomic E-state index is 10.2. The van der Waals surface area contributed by atoms with Gasteiger partial charge in [-0.1, -0.05) is 43.4 Å². The standard InChI is InChI=1S/C14H20N2OS/c1-2-16(12-7-8-12)9-13(17)10-3-5-11(6-4-10)14(15)18/h3-6,12-13,17H,2,7-9H2,1H3,(H2,15,18). The van der Waals surface area contributed by atoms with Crippen LogP contribution >= 0.6 is 12.2 Å². The Labute approximate surface area is 114 Å². The minimum atomic E-state index is -0.439. The van der Waals surface area contributed by atoms with Crippen molar-refractivity contribution in [2.45, 2.75) is 31.9 Å². The van der Waals surface area contributed by atoms with E-state index in [0.717, 1.165) is 17.7 Å². The molecule has 1 aromatic rings. The van der Waals surface area contributed by atoms with Crippen molar-refractivity contribution in [3.63, 3.8) is 0 Å². The van der Waals surface area contributed by atoms with E-state index in [9.17, 15) is 5.11 Å². The summed E-state index contributed by atoms with van der Waals surface area (Å²) in [6.07, 6.45) is 2.09. The van der Waals surface area contributed by atoms with Gasteiger partial charge in [0.05, 0.1) is 6.10 Å². The molecule has 1 aliphatic rings. The summed E-state index contributed by atoms with van der Waals surface area (Å²) in [5.41, 5.74) is 7.32. The van der Waals surface area contributed by atoms with E-state index in [2.05, 4.69) is 11.8 Å². The molecule has 0 saturated heterocycles. The molecule has 1 fully saturated rings. The topological polar surface area (TPSA) is 49.5 Å². The lowest BCUT2D eigenvalue weighted by Crippen LogP contribution is -2.30. The molecule has 18 heavy (non-hydrogen) atoms. The molecule has 1 unspecified atom stereocenters. The molecule has 0 bridgehead atoms. The first-order valence-electron chi connectivity index (χ1n) is 6.43. The van der Waals surface area contributed by atoms with Crippen molar-refractivity contribution in [3.05, 3.63) is 35.4 Å². The van der Waals surface area contributed by atoms with Gasteiger partial charge in [0, 0.05) is 18.2 Å². The monoisotopic (exact) mass is 264 g/mol. The molecule has 4 heteroatoms. The highest BCUT2D eigenvalue weighted by atomic mass is 32.1.